The highest BCUT2D eigenvalue weighted by molar-refractivity contribution is 6.33. The summed E-state index contributed by atoms with van der Waals surface area (Å²) in [6.45, 7) is 2.32. The summed E-state index contributed by atoms with van der Waals surface area (Å²) >= 11 is 6.08. The molecule has 0 bridgehead atoms. The summed E-state index contributed by atoms with van der Waals surface area (Å²) in [5, 5.41) is 5.13. The Morgan fingerprint density at radius 1 is 1.53 bits per heavy atom. The molecular weight excluding hydrogens is 236 g/mol. The molecule has 0 aliphatic carbocycles. The molecule has 3 rings (SSSR count). The molecule has 1 unspecified atom stereocenters. The Bertz CT molecular complexity index is 536. The zero-order chi connectivity index (χ0) is 11.8. The van der Waals surface area contributed by atoms with Crippen LogP contribution in [0.4, 0.5) is 0 Å². The lowest BCUT2D eigenvalue weighted by Crippen LogP contribution is -2.15. The number of rotatable bonds is 2. The molecule has 0 saturated carbocycles. The molecule has 17 heavy (non-hydrogen) atoms. The van der Waals surface area contributed by atoms with E-state index in [0.29, 0.717) is 10.9 Å². The summed E-state index contributed by atoms with van der Waals surface area (Å²) in [6.07, 6.45) is 4.07. The highest BCUT2D eigenvalue weighted by Crippen LogP contribution is 2.20. The average Bonchev–Trinajstić information content (AvgIpc) is 2.86. The Morgan fingerprint density at radius 3 is 3.12 bits per heavy atom. The molecule has 1 atom stereocenters. The van der Waals surface area contributed by atoms with Crippen molar-refractivity contribution in [2.45, 2.75) is 12.8 Å². The molecule has 0 amide bonds. The van der Waals surface area contributed by atoms with Crippen molar-refractivity contribution in [3.63, 3.8) is 0 Å². The Morgan fingerprint density at radius 2 is 2.41 bits per heavy atom. The minimum absolute atomic E-state index is 0.662. The molecule has 1 aliphatic rings. The van der Waals surface area contributed by atoms with E-state index in [4.69, 9.17) is 11.6 Å². The van der Waals surface area contributed by atoms with Gasteiger partial charge in [0.2, 0.25) is 0 Å². The topological polar surface area (TPSA) is 33.4 Å². The van der Waals surface area contributed by atoms with Gasteiger partial charge in [-0.25, -0.2) is 9.50 Å². The number of halogens is 1. The van der Waals surface area contributed by atoms with E-state index in [-0.39, 0.29) is 0 Å². The fourth-order valence-corrected chi connectivity index (χ4v) is 2.66. The number of aromatic nitrogens is 3. The minimum atomic E-state index is 0.662. The molecule has 0 N–H and O–H groups in total. The van der Waals surface area contributed by atoms with Gasteiger partial charge in [-0.2, -0.15) is 5.10 Å². The third-order valence-corrected chi connectivity index (χ3v) is 3.61. The fraction of sp³-hybridized carbons (Fsp3) is 0.500. The third kappa shape index (κ3) is 2.15. The van der Waals surface area contributed by atoms with Crippen molar-refractivity contribution in [2.24, 2.45) is 5.92 Å². The van der Waals surface area contributed by atoms with Gasteiger partial charge in [-0.3, -0.25) is 0 Å². The van der Waals surface area contributed by atoms with Crippen molar-refractivity contribution < 1.29 is 0 Å². The van der Waals surface area contributed by atoms with E-state index in [0.717, 1.165) is 24.4 Å². The summed E-state index contributed by atoms with van der Waals surface area (Å²) in [4.78, 5) is 6.86. The van der Waals surface area contributed by atoms with Crippen LogP contribution in [-0.4, -0.2) is 39.6 Å². The molecule has 5 heteroatoms. The quantitative estimate of drug-likeness (QED) is 0.816. The summed E-state index contributed by atoms with van der Waals surface area (Å²) in [7, 11) is 2.16. The molecule has 2 aromatic rings. The summed E-state index contributed by atoms with van der Waals surface area (Å²) in [5.74, 6) is 1.58. The molecule has 1 saturated heterocycles. The van der Waals surface area contributed by atoms with Crippen molar-refractivity contribution in [3.8, 4) is 0 Å². The monoisotopic (exact) mass is 250 g/mol. The number of pyridine rings is 1. The highest BCUT2D eigenvalue weighted by atomic mass is 35.5. The van der Waals surface area contributed by atoms with Crippen LogP contribution in [0.5, 0.6) is 0 Å². The second-order valence-electron chi connectivity index (χ2n) is 4.77. The van der Waals surface area contributed by atoms with Crippen molar-refractivity contribution in [2.75, 3.05) is 20.1 Å². The smallest absolute Gasteiger partial charge is 0.174 e. The predicted octanol–water partition coefficient (Wildman–Crippen LogP) is 1.88. The van der Waals surface area contributed by atoms with Crippen molar-refractivity contribution >= 4 is 17.2 Å². The van der Waals surface area contributed by atoms with Gasteiger partial charge < -0.3 is 4.90 Å². The van der Waals surface area contributed by atoms with Gasteiger partial charge in [-0.1, -0.05) is 11.6 Å². The summed E-state index contributed by atoms with van der Waals surface area (Å²) in [5.41, 5.74) is 0.760. The van der Waals surface area contributed by atoms with E-state index in [1.165, 1.54) is 13.0 Å². The van der Waals surface area contributed by atoms with Crippen LogP contribution in [0.2, 0.25) is 5.02 Å². The average molecular weight is 251 g/mol. The lowest BCUT2D eigenvalue weighted by atomic mass is 10.1. The maximum absolute atomic E-state index is 6.08. The molecule has 0 aromatic carbocycles. The van der Waals surface area contributed by atoms with Gasteiger partial charge in [0.15, 0.2) is 11.5 Å². The van der Waals surface area contributed by atoms with Crippen LogP contribution in [0.15, 0.2) is 18.3 Å². The van der Waals surface area contributed by atoms with Gasteiger partial charge in [-0.05, 0) is 38.1 Å². The molecule has 0 spiro atoms. The van der Waals surface area contributed by atoms with Crippen LogP contribution in [0.1, 0.15) is 12.2 Å². The number of fused-ring (bicyclic) bond motifs is 1. The minimum Gasteiger partial charge on any atom is -0.306 e. The summed E-state index contributed by atoms with van der Waals surface area (Å²) in [6, 6.07) is 3.73. The van der Waals surface area contributed by atoms with Crippen LogP contribution in [0.25, 0.3) is 5.65 Å². The van der Waals surface area contributed by atoms with E-state index in [2.05, 4.69) is 22.0 Å². The van der Waals surface area contributed by atoms with Crippen LogP contribution >= 0.6 is 11.6 Å². The lowest BCUT2D eigenvalue weighted by molar-refractivity contribution is 0.392. The summed E-state index contributed by atoms with van der Waals surface area (Å²) < 4.78 is 1.76. The number of nitrogens with zero attached hydrogens (tertiary/aromatic N) is 4. The van der Waals surface area contributed by atoms with Gasteiger partial charge in [0.25, 0.3) is 0 Å². The van der Waals surface area contributed by atoms with Crippen molar-refractivity contribution in [1.29, 1.82) is 0 Å². The molecule has 3 heterocycles. The zero-order valence-corrected chi connectivity index (χ0v) is 10.6. The molecular formula is C12H15ClN4. The SMILES string of the molecule is CN1CCC(Cc2nc3c(Cl)cccn3n2)C1. The Hall–Kier alpha value is -1.13. The van der Waals surface area contributed by atoms with Gasteiger partial charge in [0.05, 0.1) is 5.02 Å². The molecule has 90 valence electrons. The molecule has 4 nitrogen and oxygen atoms in total. The van der Waals surface area contributed by atoms with Crippen LogP contribution < -0.4 is 0 Å². The Labute approximate surface area is 105 Å². The van der Waals surface area contributed by atoms with E-state index in [1.54, 1.807) is 4.52 Å². The second-order valence-corrected chi connectivity index (χ2v) is 5.18. The standard InChI is InChI=1S/C12H15ClN4/c1-16-6-4-9(8-16)7-11-14-12-10(13)3-2-5-17(12)15-11/h2-3,5,9H,4,6-8H2,1H3. The number of hydrogen-bond acceptors (Lipinski definition) is 3. The maximum atomic E-state index is 6.08. The zero-order valence-electron chi connectivity index (χ0n) is 9.80. The number of hydrogen-bond donors (Lipinski definition) is 0. The Balaban J connectivity index is 1.84. The van der Waals surface area contributed by atoms with E-state index in [1.807, 2.05) is 18.3 Å². The lowest BCUT2D eigenvalue weighted by Gasteiger charge is -2.07. The van der Waals surface area contributed by atoms with Gasteiger partial charge >= 0.3 is 0 Å². The maximum Gasteiger partial charge on any atom is 0.174 e. The van der Waals surface area contributed by atoms with Gasteiger partial charge in [0, 0.05) is 19.2 Å². The second kappa shape index (κ2) is 4.27. The molecule has 2 aromatic heterocycles. The van der Waals surface area contributed by atoms with Crippen LogP contribution in [0, 0.1) is 5.92 Å². The highest BCUT2D eigenvalue weighted by Gasteiger charge is 2.21. The third-order valence-electron chi connectivity index (χ3n) is 3.32. The van der Waals surface area contributed by atoms with Crippen LogP contribution in [0.3, 0.4) is 0 Å². The van der Waals surface area contributed by atoms with Gasteiger partial charge in [0.1, 0.15) is 0 Å². The van der Waals surface area contributed by atoms with E-state index in [9.17, 15) is 0 Å². The first-order chi connectivity index (χ1) is 8.22. The Kier molecular flexibility index (Phi) is 2.76. The van der Waals surface area contributed by atoms with Crippen molar-refractivity contribution in [3.05, 3.63) is 29.2 Å². The first-order valence-corrected chi connectivity index (χ1v) is 6.28. The van der Waals surface area contributed by atoms with Crippen molar-refractivity contribution in [1.82, 2.24) is 19.5 Å². The number of likely N-dealkylation sites (tertiary alicyclic amines) is 1. The molecule has 1 fully saturated rings. The fourth-order valence-electron chi connectivity index (χ4n) is 2.46. The van der Waals surface area contributed by atoms with Gasteiger partial charge in [-0.15, -0.1) is 0 Å². The predicted molar refractivity (Wildman–Crippen MR) is 67.3 cm³/mol. The first kappa shape index (κ1) is 11.0. The molecule has 0 radical (unpaired) electrons. The normalized spacial score (nSPS) is 21.4. The van der Waals surface area contributed by atoms with Crippen LogP contribution in [-0.2, 0) is 6.42 Å². The van der Waals surface area contributed by atoms with E-state index >= 15 is 0 Å². The molecule has 1 aliphatic heterocycles. The van der Waals surface area contributed by atoms with E-state index < -0.39 is 0 Å². The first-order valence-electron chi connectivity index (χ1n) is 5.90. The largest absolute Gasteiger partial charge is 0.306 e.